The molecule has 0 saturated heterocycles. The highest BCUT2D eigenvalue weighted by molar-refractivity contribution is 6.30. The van der Waals surface area contributed by atoms with Gasteiger partial charge in [0, 0.05) is 17.8 Å². The van der Waals surface area contributed by atoms with Gasteiger partial charge < -0.3 is 9.30 Å². The van der Waals surface area contributed by atoms with Crippen LogP contribution in [0.1, 0.15) is 10.4 Å². The Morgan fingerprint density at radius 1 is 1.32 bits per heavy atom. The van der Waals surface area contributed by atoms with E-state index in [0.717, 1.165) is 0 Å². The van der Waals surface area contributed by atoms with Crippen LogP contribution in [0.15, 0.2) is 47.4 Å². The number of Topliss-reactive ketones (excluding diaryl/α,β-unsaturated/α-hetero) is 1. The maximum Gasteiger partial charge on any atom is 0.251 e. The minimum Gasteiger partial charge on any atom is -0.497 e. The molecule has 0 aliphatic rings. The third-order valence-corrected chi connectivity index (χ3v) is 2.88. The Morgan fingerprint density at radius 3 is 2.84 bits per heavy atom. The van der Waals surface area contributed by atoms with Gasteiger partial charge in [-0.3, -0.25) is 9.59 Å². The van der Waals surface area contributed by atoms with Crippen LogP contribution in [0.5, 0.6) is 5.75 Å². The number of methoxy groups -OCH3 is 1. The van der Waals surface area contributed by atoms with Crippen LogP contribution in [0.4, 0.5) is 0 Å². The van der Waals surface area contributed by atoms with Crippen LogP contribution in [0.25, 0.3) is 0 Å². The van der Waals surface area contributed by atoms with E-state index in [2.05, 4.69) is 0 Å². The molecule has 0 aliphatic carbocycles. The number of halogens is 1. The zero-order chi connectivity index (χ0) is 13.8. The summed E-state index contributed by atoms with van der Waals surface area (Å²) in [7, 11) is 1.53. The molecule has 0 amide bonds. The van der Waals surface area contributed by atoms with Crippen LogP contribution in [0.3, 0.4) is 0 Å². The van der Waals surface area contributed by atoms with E-state index >= 15 is 0 Å². The fraction of sp³-hybridized carbons (Fsp3) is 0.143. The Kier molecular flexibility index (Phi) is 4.02. The molecule has 5 heteroatoms. The van der Waals surface area contributed by atoms with Gasteiger partial charge in [-0.15, -0.1) is 0 Å². The monoisotopic (exact) mass is 277 g/mol. The molecule has 0 saturated carbocycles. The minimum absolute atomic E-state index is 0.0490. The molecule has 4 nitrogen and oxygen atoms in total. The first kappa shape index (κ1) is 13.4. The second-order valence-corrected chi connectivity index (χ2v) is 4.41. The molecule has 0 atom stereocenters. The summed E-state index contributed by atoms with van der Waals surface area (Å²) in [5, 5.41) is 0.415. The highest BCUT2D eigenvalue weighted by atomic mass is 35.5. The van der Waals surface area contributed by atoms with Crippen molar-refractivity contribution in [1.29, 1.82) is 0 Å². The summed E-state index contributed by atoms with van der Waals surface area (Å²) in [4.78, 5) is 23.7. The smallest absolute Gasteiger partial charge is 0.251 e. The molecule has 19 heavy (non-hydrogen) atoms. The average Bonchev–Trinajstić information content (AvgIpc) is 2.43. The standard InChI is InChI=1S/C14H12ClNO3/c1-19-12-4-2-3-10(7-12)13(17)9-16-8-11(15)5-6-14(16)18/h2-8H,9H2,1H3. The van der Waals surface area contributed by atoms with Crippen molar-refractivity contribution < 1.29 is 9.53 Å². The molecule has 1 aromatic heterocycles. The van der Waals surface area contributed by atoms with E-state index in [9.17, 15) is 9.59 Å². The van der Waals surface area contributed by atoms with Crippen molar-refractivity contribution in [2.24, 2.45) is 0 Å². The van der Waals surface area contributed by atoms with E-state index in [-0.39, 0.29) is 17.9 Å². The van der Waals surface area contributed by atoms with E-state index in [0.29, 0.717) is 16.3 Å². The number of pyridine rings is 1. The van der Waals surface area contributed by atoms with Crippen molar-refractivity contribution in [2.45, 2.75) is 6.54 Å². The molecule has 1 heterocycles. The van der Waals surface area contributed by atoms with Crippen LogP contribution in [0, 0.1) is 0 Å². The van der Waals surface area contributed by atoms with Gasteiger partial charge in [-0.25, -0.2) is 0 Å². The second-order valence-electron chi connectivity index (χ2n) is 3.97. The van der Waals surface area contributed by atoms with Gasteiger partial charge in [0.15, 0.2) is 5.78 Å². The highest BCUT2D eigenvalue weighted by Crippen LogP contribution is 2.13. The zero-order valence-corrected chi connectivity index (χ0v) is 11.1. The summed E-state index contributed by atoms with van der Waals surface area (Å²) < 4.78 is 6.34. The Balaban J connectivity index is 2.25. The first-order valence-electron chi connectivity index (χ1n) is 5.63. The molecule has 0 unspecified atom stereocenters. The summed E-state index contributed by atoms with van der Waals surface area (Å²) in [6.07, 6.45) is 1.45. The van der Waals surface area contributed by atoms with E-state index in [1.807, 2.05) is 0 Å². The number of hydrogen-bond donors (Lipinski definition) is 0. The van der Waals surface area contributed by atoms with Gasteiger partial charge in [-0.1, -0.05) is 23.7 Å². The number of ketones is 1. The van der Waals surface area contributed by atoms with Gasteiger partial charge in [0.2, 0.25) is 0 Å². The number of ether oxygens (including phenoxy) is 1. The Morgan fingerprint density at radius 2 is 2.11 bits per heavy atom. The molecule has 2 aromatic rings. The predicted molar refractivity (Wildman–Crippen MR) is 73.0 cm³/mol. The molecule has 98 valence electrons. The van der Waals surface area contributed by atoms with E-state index in [1.54, 1.807) is 24.3 Å². The number of aromatic nitrogens is 1. The molecular formula is C14H12ClNO3. The lowest BCUT2D eigenvalue weighted by Crippen LogP contribution is -2.22. The quantitative estimate of drug-likeness (QED) is 0.806. The Labute approximate surface area is 115 Å². The lowest BCUT2D eigenvalue weighted by atomic mass is 10.1. The van der Waals surface area contributed by atoms with E-state index < -0.39 is 0 Å². The first-order valence-corrected chi connectivity index (χ1v) is 6.01. The molecule has 1 aromatic carbocycles. The second kappa shape index (κ2) is 5.71. The molecule has 2 rings (SSSR count). The van der Waals surface area contributed by atoms with Crippen LogP contribution in [-0.2, 0) is 6.54 Å². The maximum absolute atomic E-state index is 12.1. The normalized spacial score (nSPS) is 10.2. The average molecular weight is 278 g/mol. The van der Waals surface area contributed by atoms with Crippen LogP contribution < -0.4 is 10.3 Å². The zero-order valence-electron chi connectivity index (χ0n) is 10.3. The van der Waals surface area contributed by atoms with Gasteiger partial charge in [-0.05, 0) is 18.2 Å². The summed E-state index contributed by atoms with van der Waals surface area (Å²) in [5.41, 5.74) is 0.229. The number of carbonyl (C=O) groups is 1. The molecule has 0 spiro atoms. The Hall–Kier alpha value is -2.07. The number of hydrogen-bond acceptors (Lipinski definition) is 3. The first-order chi connectivity index (χ1) is 9.10. The largest absolute Gasteiger partial charge is 0.497 e. The molecule has 0 aliphatic heterocycles. The lowest BCUT2D eigenvalue weighted by molar-refractivity contribution is 0.0970. The molecular weight excluding hydrogens is 266 g/mol. The molecule has 0 bridgehead atoms. The number of nitrogens with zero attached hydrogens (tertiary/aromatic N) is 1. The Bertz CT molecular complexity index is 664. The van der Waals surface area contributed by atoms with Crippen molar-refractivity contribution in [2.75, 3.05) is 7.11 Å². The third kappa shape index (κ3) is 3.23. The number of benzene rings is 1. The molecule has 0 radical (unpaired) electrons. The fourth-order valence-corrected chi connectivity index (χ4v) is 1.85. The van der Waals surface area contributed by atoms with Crippen molar-refractivity contribution in [3.05, 3.63) is 63.5 Å². The summed E-state index contributed by atoms with van der Waals surface area (Å²) >= 11 is 5.80. The van der Waals surface area contributed by atoms with Gasteiger partial charge in [-0.2, -0.15) is 0 Å². The van der Waals surface area contributed by atoms with Crippen molar-refractivity contribution in [3.63, 3.8) is 0 Å². The fourth-order valence-electron chi connectivity index (χ4n) is 1.67. The lowest BCUT2D eigenvalue weighted by Gasteiger charge is -2.06. The molecule has 0 N–H and O–H groups in total. The molecule has 0 fully saturated rings. The van der Waals surface area contributed by atoms with Gasteiger partial charge >= 0.3 is 0 Å². The minimum atomic E-state index is -0.263. The van der Waals surface area contributed by atoms with E-state index in [1.165, 1.54) is 30.0 Å². The van der Waals surface area contributed by atoms with Gasteiger partial charge in [0.25, 0.3) is 5.56 Å². The van der Waals surface area contributed by atoms with Crippen LogP contribution in [0.2, 0.25) is 5.02 Å². The SMILES string of the molecule is COc1cccc(C(=O)Cn2cc(Cl)ccc2=O)c1. The van der Waals surface area contributed by atoms with Crippen molar-refractivity contribution >= 4 is 17.4 Å². The third-order valence-electron chi connectivity index (χ3n) is 2.65. The van der Waals surface area contributed by atoms with Gasteiger partial charge in [0.1, 0.15) is 5.75 Å². The van der Waals surface area contributed by atoms with Crippen molar-refractivity contribution in [1.82, 2.24) is 4.57 Å². The highest BCUT2D eigenvalue weighted by Gasteiger charge is 2.09. The summed E-state index contributed by atoms with van der Waals surface area (Å²) in [6.45, 7) is -0.0490. The van der Waals surface area contributed by atoms with E-state index in [4.69, 9.17) is 16.3 Å². The van der Waals surface area contributed by atoms with Gasteiger partial charge in [0.05, 0.1) is 18.7 Å². The number of rotatable bonds is 4. The summed E-state index contributed by atoms with van der Waals surface area (Å²) in [6, 6.07) is 9.63. The predicted octanol–water partition coefficient (Wildman–Crippen LogP) is 2.39. The maximum atomic E-state index is 12.1. The topological polar surface area (TPSA) is 48.3 Å². The summed E-state index contributed by atoms with van der Waals surface area (Å²) in [5.74, 6) is 0.424. The van der Waals surface area contributed by atoms with Crippen LogP contribution >= 0.6 is 11.6 Å². The number of carbonyl (C=O) groups excluding carboxylic acids is 1. The van der Waals surface area contributed by atoms with Crippen LogP contribution in [-0.4, -0.2) is 17.5 Å². The van der Waals surface area contributed by atoms with Crippen molar-refractivity contribution in [3.8, 4) is 5.75 Å².